The van der Waals surface area contributed by atoms with Crippen LogP contribution in [0.3, 0.4) is 0 Å². The van der Waals surface area contributed by atoms with Crippen molar-refractivity contribution >= 4 is 58.2 Å². The van der Waals surface area contributed by atoms with Gasteiger partial charge in [-0.15, -0.1) is 10.2 Å². The second-order valence-corrected chi connectivity index (χ2v) is 9.18. The van der Waals surface area contributed by atoms with Gasteiger partial charge in [-0.1, -0.05) is 58.7 Å². The molecule has 174 valence electrons. The molecule has 0 fully saturated rings. The van der Waals surface area contributed by atoms with Crippen LogP contribution in [-0.2, 0) is 4.79 Å². The number of hydrogen-bond donors (Lipinski definition) is 1. The molecule has 1 N–H and O–H groups in total. The number of thioether (sulfide) groups is 1. The highest BCUT2D eigenvalue weighted by atomic mass is 35.5. The Morgan fingerprint density at radius 2 is 1.74 bits per heavy atom. The first-order valence-corrected chi connectivity index (χ1v) is 12.4. The lowest BCUT2D eigenvalue weighted by Crippen LogP contribution is -2.14. The summed E-state index contributed by atoms with van der Waals surface area (Å²) in [5.74, 6) is 1.22. The van der Waals surface area contributed by atoms with Crippen molar-refractivity contribution in [1.82, 2.24) is 14.8 Å². The van der Waals surface area contributed by atoms with Gasteiger partial charge in [0, 0.05) is 16.9 Å². The predicted octanol–water partition coefficient (Wildman–Crippen LogP) is 7.02. The Hall–Kier alpha value is -2.71. The van der Waals surface area contributed by atoms with Crippen LogP contribution in [-0.4, -0.2) is 33.0 Å². The zero-order valence-electron chi connectivity index (χ0n) is 18.0. The van der Waals surface area contributed by atoms with Crippen LogP contribution in [0.1, 0.15) is 6.92 Å². The number of anilines is 1. The van der Waals surface area contributed by atoms with E-state index >= 15 is 0 Å². The average molecular weight is 534 g/mol. The van der Waals surface area contributed by atoms with Crippen molar-refractivity contribution in [1.29, 1.82) is 0 Å². The maximum absolute atomic E-state index is 12.6. The van der Waals surface area contributed by atoms with Gasteiger partial charge in [0.05, 0.1) is 27.4 Å². The lowest BCUT2D eigenvalue weighted by atomic mass is 10.2. The van der Waals surface area contributed by atoms with E-state index in [0.29, 0.717) is 38.3 Å². The number of hydrogen-bond acceptors (Lipinski definition) is 5. The predicted molar refractivity (Wildman–Crippen MR) is 139 cm³/mol. The van der Waals surface area contributed by atoms with Gasteiger partial charge in [-0.2, -0.15) is 0 Å². The van der Waals surface area contributed by atoms with E-state index in [4.69, 9.17) is 39.5 Å². The zero-order chi connectivity index (χ0) is 24.1. The number of rotatable bonds is 8. The van der Waals surface area contributed by atoms with Gasteiger partial charge in [-0.05, 0) is 61.5 Å². The van der Waals surface area contributed by atoms with Crippen molar-refractivity contribution in [2.45, 2.75) is 12.1 Å². The maximum atomic E-state index is 12.6. The molecule has 0 spiro atoms. The van der Waals surface area contributed by atoms with Crippen molar-refractivity contribution in [3.63, 3.8) is 0 Å². The second kappa shape index (κ2) is 11.1. The van der Waals surface area contributed by atoms with E-state index in [1.807, 2.05) is 54.0 Å². The van der Waals surface area contributed by atoms with E-state index < -0.39 is 0 Å². The summed E-state index contributed by atoms with van der Waals surface area (Å²) in [4.78, 5) is 12.6. The minimum atomic E-state index is -0.219. The first-order valence-electron chi connectivity index (χ1n) is 10.3. The van der Waals surface area contributed by atoms with Crippen LogP contribution in [0.5, 0.6) is 5.75 Å². The lowest BCUT2D eigenvalue weighted by molar-refractivity contribution is -0.113. The molecule has 0 saturated carbocycles. The van der Waals surface area contributed by atoms with Gasteiger partial charge < -0.3 is 10.1 Å². The number of benzene rings is 3. The fourth-order valence-corrected chi connectivity index (χ4v) is 4.44. The molecule has 0 aliphatic carbocycles. The Kier molecular flexibility index (Phi) is 8.00. The highest BCUT2D eigenvalue weighted by Gasteiger charge is 2.19. The third-order valence-corrected chi connectivity index (χ3v) is 6.69. The summed E-state index contributed by atoms with van der Waals surface area (Å²) in [6.07, 6.45) is 0. The van der Waals surface area contributed by atoms with Gasteiger partial charge in [0.25, 0.3) is 0 Å². The number of nitrogens with one attached hydrogen (secondary N) is 1. The minimum Gasteiger partial charge on any atom is -0.494 e. The van der Waals surface area contributed by atoms with Crippen LogP contribution in [0.2, 0.25) is 15.1 Å². The van der Waals surface area contributed by atoms with Gasteiger partial charge in [0.1, 0.15) is 5.75 Å². The number of nitrogens with zero attached hydrogens (tertiary/aromatic N) is 3. The molecule has 34 heavy (non-hydrogen) atoms. The van der Waals surface area contributed by atoms with Crippen LogP contribution in [0.25, 0.3) is 17.1 Å². The summed E-state index contributed by atoms with van der Waals surface area (Å²) in [6.45, 7) is 2.51. The number of carbonyl (C=O) groups is 1. The maximum Gasteiger partial charge on any atom is 0.234 e. The molecule has 0 unspecified atom stereocenters. The number of amides is 1. The first kappa shape index (κ1) is 24.4. The minimum absolute atomic E-state index is 0.109. The molecule has 6 nitrogen and oxygen atoms in total. The fraction of sp³-hybridized carbons (Fsp3) is 0.125. The highest BCUT2D eigenvalue weighted by molar-refractivity contribution is 7.99. The Labute approximate surface area is 216 Å². The van der Waals surface area contributed by atoms with E-state index in [9.17, 15) is 4.79 Å². The number of ether oxygens (including phenoxy) is 1. The molecule has 1 amide bonds. The molecular weight excluding hydrogens is 515 g/mol. The van der Waals surface area contributed by atoms with Crippen molar-refractivity contribution in [3.8, 4) is 22.8 Å². The molecule has 1 aromatic heterocycles. The van der Waals surface area contributed by atoms with Gasteiger partial charge in [0.15, 0.2) is 11.0 Å². The average Bonchev–Trinajstić information content (AvgIpc) is 3.25. The van der Waals surface area contributed by atoms with Crippen LogP contribution < -0.4 is 10.1 Å². The monoisotopic (exact) mass is 532 g/mol. The van der Waals surface area contributed by atoms with Crippen LogP contribution in [0, 0.1) is 0 Å². The van der Waals surface area contributed by atoms with Crippen molar-refractivity contribution in [3.05, 3.63) is 81.8 Å². The summed E-state index contributed by atoms with van der Waals surface area (Å²) in [7, 11) is 0. The Morgan fingerprint density at radius 3 is 2.44 bits per heavy atom. The molecule has 0 bridgehead atoms. The lowest BCUT2D eigenvalue weighted by Gasteiger charge is -2.12. The van der Waals surface area contributed by atoms with Crippen LogP contribution in [0.4, 0.5) is 5.69 Å². The largest absolute Gasteiger partial charge is 0.494 e. The zero-order valence-corrected chi connectivity index (χ0v) is 21.0. The van der Waals surface area contributed by atoms with E-state index in [0.717, 1.165) is 17.0 Å². The van der Waals surface area contributed by atoms with E-state index in [-0.39, 0.29) is 11.7 Å². The Balaban J connectivity index is 1.61. The van der Waals surface area contributed by atoms with Crippen LogP contribution in [0.15, 0.2) is 71.9 Å². The SMILES string of the molecule is CCOc1ccc(-n2c(SCC(=O)Nc3ccc(Cl)c(Cl)c3)nnc2-c2ccccc2Cl)cc1. The van der Waals surface area contributed by atoms with Crippen molar-refractivity contribution < 1.29 is 9.53 Å². The molecule has 4 rings (SSSR count). The van der Waals surface area contributed by atoms with Gasteiger partial charge in [-0.25, -0.2) is 0 Å². The highest BCUT2D eigenvalue weighted by Crippen LogP contribution is 2.32. The first-order chi connectivity index (χ1) is 16.5. The molecule has 3 aromatic carbocycles. The summed E-state index contributed by atoms with van der Waals surface area (Å²) in [5, 5.41) is 13.4. The number of halogens is 3. The van der Waals surface area contributed by atoms with Gasteiger partial charge >= 0.3 is 0 Å². The standard InChI is InChI=1S/C24H19Cl3N4O2S/c1-2-33-17-10-8-16(9-11-17)31-23(18-5-3-4-6-19(18)25)29-30-24(31)34-14-22(32)28-15-7-12-20(26)21(27)13-15/h3-13H,2,14H2,1H3,(H,28,32). The van der Waals surface area contributed by atoms with E-state index in [1.165, 1.54) is 11.8 Å². The topological polar surface area (TPSA) is 69.0 Å². The molecule has 0 atom stereocenters. The molecule has 0 aliphatic heterocycles. The molecule has 1 heterocycles. The summed E-state index contributed by atoms with van der Waals surface area (Å²) in [5.41, 5.74) is 2.11. The molecule has 0 radical (unpaired) electrons. The molecular formula is C24H19Cl3N4O2S. The third kappa shape index (κ3) is 5.67. The van der Waals surface area contributed by atoms with Crippen molar-refractivity contribution in [2.24, 2.45) is 0 Å². The van der Waals surface area contributed by atoms with Gasteiger partial charge in [0.2, 0.25) is 5.91 Å². The molecule has 4 aromatic rings. The summed E-state index contributed by atoms with van der Waals surface area (Å²) >= 11 is 19.7. The summed E-state index contributed by atoms with van der Waals surface area (Å²) in [6, 6.07) is 19.9. The summed E-state index contributed by atoms with van der Waals surface area (Å²) < 4.78 is 7.43. The fourth-order valence-electron chi connectivity index (χ4n) is 3.17. The Morgan fingerprint density at radius 1 is 0.971 bits per heavy atom. The number of carbonyl (C=O) groups excluding carboxylic acids is 1. The molecule has 0 saturated heterocycles. The van der Waals surface area contributed by atoms with Crippen molar-refractivity contribution in [2.75, 3.05) is 17.7 Å². The smallest absolute Gasteiger partial charge is 0.234 e. The normalized spacial score (nSPS) is 10.8. The second-order valence-electron chi connectivity index (χ2n) is 7.01. The number of aromatic nitrogens is 3. The Bertz CT molecular complexity index is 1310. The van der Waals surface area contributed by atoms with Gasteiger partial charge in [-0.3, -0.25) is 9.36 Å². The quantitative estimate of drug-likeness (QED) is 0.246. The van der Waals surface area contributed by atoms with Crippen LogP contribution >= 0.6 is 46.6 Å². The van der Waals surface area contributed by atoms with E-state index in [1.54, 1.807) is 24.3 Å². The molecule has 10 heteroatoms. The third-order valence-electron chi connectivity index (χ3n) is 4.69. The van der Waals surface area contributed by atoms with E-state index in [2.05, 4.69) is 15.5 Å². The molecule has 0 aliphatic rings.